The molecule has 1 aromatic carbocycles. The zero-order valence-electron chi connectivity index (χ0n) is 19.3. The Labute approximate surface area is 179 Å². The van der Waals surface area contributed by atoms with Gasteiger partial charge < -0.3 is 0 Å². The van der Waals surface area contributed by atoms with Gasteiger partial charge in [0.05, 0.1) is 0 Å². The summed E-state index contributed by atoms with van der Waals surface area (Å²) in [7, 11) is 0.347. The van der Waals surface area contributed by atoms with Gasteiger partial charge in [0, 0.05) is 0 Å². The minimum atomic E-state index is 0.347. The first-order valence-electron chi connectivity index (χ1n) is 12.5. The summed E-state index contributed by atoms with van der Waals surface area (Å²) in [6.45, 7) is 4.81. The van der Waals surface area contributed by atoms with Crippen molar-refractivity contribution >= 4 is 7.92 Å². The Hall–Kier alpha value is -0.350. The Morgan fingerprint density at radius 2 is 0.821 bits per heavy atom. The van der Waals surface area contributed by atoms with E-state index in [0.29, 0.717) is 7.92 Å². The van der Waals surface area contributed by atoms with Gasteiger partial charge in [-0.05, 0) is 44.3 Å². The molecule has 0 atom stereocenters. The van der Waals surface area contributed by atoms with Gasteiger partial charge in [0.25, 0.3) is 0 Å². The lowest BCUT2D eigenvalue weighted by molar-refractivity contribution is 0.527. The van der Waals surface area contributed by atoms with Gasteiger partial charge in [0.1, 0.15) is 0 Å². The summed E-state index contributed by atoms with van der Waals surface area (Å²) < 4.78 is 0. The van der Waals surface area contributed by atoms with E-state index in [1.165, 1.54) is 127 Å². The Bertz CT molecular complexity index is 412. The average molecular weight is 405 g/mol. The molecule has 0 spiro atoms. The molecule has 0 amide bonds. The van der Waals surface area contributed by atoms with Gasteiger partial charge in [-0.25, -0.2) is 0 Å². The second-order valence-electron chi connectivity index (χ2n) is 9.05. The predicted octanol–water partition coefficient (Wildman–Crippen LogP) is 9.60. The number of hydrogen-bond donors (Lipinski definition) is 0. The molecular weight excluding hydrogens is 355 g/mol. The monoisotopic (exact) mass is 404 g/mol. The molecule has 1 heteroatoms. The highest BCUT2D eigenvalue weighted by molar-refractivity contribution is 7.55. The quantitative estimate of drug-likeness (QED) is 0.150. The molecule has 0 aliphatic carbocycles. The Balaban J connectivity index is 1.68. The number of hydrogen-bond acceptors (Lipinski definition) is 0. The second-order valence-corrected chi connectivity index (χ2v) is 11.7. The minimum absolute atomic E-state index is 0.347. The predicted molar refractivity (Wildman–Crippen MR) is 132 cm³/mol. The highest BCUT2D eigenvalue weighted by atomic mass is 31.1. The van der Waals surface area contributed by atoms with E-state index in [1.54, 1.807) is 0 Å². The molecule has 0 aliphatic heterocycles. The molecule has 0 saturated carbocycles. The average Bonchev–Trinajstić information content (AvgIpc) is 2.70. The van der Waals surface area contributed by atoms with Crippen LogP contribution in [-0.4, -0.2) is 19.5 Å². The molecule has 0 unspecified atom stereocenters. The zero-order chi connectivity index (χ0) is 20.1. The topological polar surface area (TPSA) is 0 Å². The summed E-state index contributed by atoms with van der Waals surface area (Å²) in [6, 6.07) is 10.9. The third kappa shape index (κ3) is 17.7. The third-order valence-corrected chi connectivity index (χ3v) is 7.12. The lowest BCUT2D eigenvalue weighted by atomic mass is 10.0. The van der Waals surface area contributed by atoms with Crippen molar-refractivity contribution in [3.8, 4) is 0 Å². The molecule has 0 nitrogen and oxygen atoms in total. The fraction of sp³-hybridized carbons (Fsp3) is 0.778. The van der Waals surface area contributed by atoms with Crippen LogP contribution < -0.4 is 0 Å². The maximum Gasteiger partial charge on any atom is -0.0279 e. The molecule has 1 rings (SSSR count). The summed E-state index contributed by atoms with van der Waals surface area (Å²) in [5.41, 5.74) is 1.50. The third-order valence-electron chi connectivity index (χ3n) is 5.91. The maximum absolute atomic E-state index is 2.41. The van der Waals surface area contributed by atoms with Gasteiger partial charge in [-0.15, -0.1) is 7.92 Å². The first kappa shape index (κ1) is 25.7. The summed E-state index contributed by atoms with van der Waals surface area (Å²) in [6.07, 6.45) is 27.6. The van der Waals surface area contributed by atoms with Crippen LogP contribution in [0.4, 0.5) is 0 Å². The van der Waals surface area contributed by atoms with Gasteiger partial charge >= 0.3 is 0 Å². The van der Waals surface area contributed by atoms with Crippen LogP contribution in [0.3, 0.4) is 0 Å². The van der Waals surface area contributed by atoms with Crippen LogP contribution in [0.15, 0.2) is 30.3 Å². The Morgan fingerprint density at radius 3 is 1.21 bits per heavy atom. The van der Waals surface area contributed by atoms with Crippen molar-refractivity contribution in [2.24, 2.45) is 0 Å². The summed E-state index contributed by atoms with van der Waals surface area (Å²) in [5.74, 6) is 0. The normalized spacial score (nSPS) is 11.4. The molecule has 0 bridgehead atoms. The van der Waals surface area contributed by atoms with Crippen molar-refractivity contribution in [1.29, 1.82) is 0 Å². The van der Waals surface area contributed by atoms with Crippen LogP contribution in [0.25, 0.3) is 0 Å². The molecule has 0 saturated heterocycles. The van der Waals surface area contributed by atoms with Crippen molar-refractivity contribution in [3.05, 3.63) is 35.9 Å². The number of unbranched alkanes of at least 4 members (excludes halogenated alkanes) is 16. The smallest absolute Gasteiger partial charge is 0.0279 e. The van der Waals surface area contributed by atoms with Crippen molar-refractivity contribution < 1.29 is 0 Å². The molecule has 0 fully saturated rings. The minimum Gasteiger partial charge on any atom is -0.113 e. The highest BCUT2D eigenvalue weighted by Gasteiger charge is 1.97. The number of benzene rings is 1. The van der Waals surface area contributed by atoms with E-state index in [9.17, 15) is 0 Å². The van der Waals surface area contributed by atoms with Gasteiger partial charge in [-0.2, -0.15) is 0 Å². The van der Waals surface area contributed by atoms with Crippen molar-refractivity contribution in [2.45, 2.75) is 116 Å². The molecular formula is C27H49P. The zero-order valence-corrected chi connectivity index (χ0v) is 20.2. The molecule has 1 aromatic rings. The molecule has 0 aromatic heterocycles. The van der Waals surface area contributed by atoms with Gasteiger partial charge in [-0.3, -0.25) is 0 Å². The van der Waals surface area contributed by atoms with E-state index in [2.05, 4.69) is 43.7 Å². The highest BCUT2D eigenvalue weighted by Crippen LogP contribution is 2.26. The lowest BCUT2D eigenvalue weighted by Crippen LogP contribution is -1.86. The molecule has 0 heterocycles. The van der Waals surface area contributed by atoms with Crippen LogP contribution in [0.1, 0.15) is 115 Å². The lowest BCUT2D eigenvalue weighted by Gasteiger charge is -2.05. The van der Waals surface area contributed by atoms with E-state index < -0.39 is 0 Å². The van der Waals surface area contributed by atoms with E-state index in [4.69, 9.17) is 0 Å². The first-order valence-corrected chi connectivity index (χ1v) is 14.9. The van der Waals surface area contributed by atoms with Crippen molar-refractivity contribution in [2.75, 3.05) is 19.5 Å². The van der Waals surface area contributed by atoms with Gasteiger partial charge in [0.2, 0.25) is 0 Å². The number of rotatable bonds is 20. The van der Waals surface area contributed by atoms with E-state index in [-0.39, 0.29) is 0 Å². The van der Waals surface area contributed by atoms with E-state index in [0.717, 1.165) is 0 Å². The van der Waals surface area contributed by atoms with Crippen LogP contribution in [0.2, 0.25) is 0 Å². The van der Waals surface area contributed by atoms with E-state index >= 15 is 0 Å². The standard InChI is InChI=1S/C27H49P/c1-28(2)26-22-17-15-13-11-9-7-5-3-4-6-8-10-12-14-16-19-23-27-24-20-18-21-25-27/h18,20-21,24-25H,3-17,19,22-23,26H2,1-2H3. The molecule has 0 N–H and O–H groups in total. The second kappa shape index (κ2) is 19.9. The molecule has 28 heavy (non-hydrogen) atoms. The number of aryl methyl sites for hydroxylation is 1. The summed E-state index contributed by atoms with van der Waals surface area (Å²) in [4.78, 5) is 0. The maximum atomic E-state index is 2.41. The largest absolute Gasteiger partial charge is 0.113 e. The van der Waals surface area contributed by atoms with Crippen molar-refractivity contribution in [1.82, 2.24) is 0 Å². The summed E-state index contributed by atoms with van der Waals surface area (Å²) >= 11 is 0. The Morgan fingerprint density at radius 1 is 0.464 bits per heavy atom. The van der Waals surface area contributed by atoms with Crippen LogP contribution in [0, 0.1) is 0 Å². The van der Waals surface area contributed by atoms with Gasteiger partial charge in [-0.1, -0.05) is 127 Å². The van der Waals surface area contributed by atoms with Crippen LogP contribution in [0.5, 0.6) is 0 Å². The fourth-order valence-electron chi connectivity index (χ4n) is 4.05. The van der Waals surface area contributed by atoms with Crippen LogP contribution >= 0.6 is 7.92 Å². The molecule has 162 valence electrons. The summed E-state index contributed by atoms with van der Waals surface area (Å²) in [5, 5.41) is 0. The fourth-order valence-corrected chi connectivity index (χ4v) is 4.91. The van der Waals surface area contributed by atoms with E-state index in [1.807, 2.05) is 0 Å². The first-order chi connectivity index (χ1) is 13.8. The van der Waals surface area contributed by atoms with Crippen molar-refractivity contribution in [3.63, 3.8) is 0 Å². The van der Waals surface area contributed by atoms with Gasteiger partial charge in [0.15, 0.2) is 0 Å². The molecule has 0 radical (unpaired) electrons. The Kier molecular flexibility index (Phi) is 18.3. The van der Waals surface area contributed by atoms with Crippen LogP contribution in [-0.2, 0) is 6.42 Å². The molecule has 0 aliphatic rings. The SMILES string of the molecule is CP(C)CCCCCCCCCCCCCCCCCCCc1ccccc1.